The Kier molecular flexibility index (Phi) is 3.98. The van der Waals surface area contributed by atoms with Crippen molar-refractivity contribution in [1.82, 2.24) is 4.90 Å². The SMILES string of the molecule is O=C(c1ccc2ccccc2c1)N1CC2(C[C@@H](OCC3CC3)CCO2)C1. The van der Waals surface area contributed by atoms with Gasteiger partial charge in [0.15, 0.2) is 0 Å². The summed E-state index contributed by atoms with van der Waals surface area (Å²) in [5.41, 5.74) is 0.579. The first kappa shape index (κ1) is 16.3. The Hall–Kier alpha value is -1.91. The first-order valence-electron chi connectivity index (χ1n) is 9.74. The van der Waals surface area contributed by atoms with E-state index in [0.29, 0.717) is 19.2 Å². The Bertz CT molecular complexity index is 823. The molecule has 26 heavy (non-hydrogen) atoms. The zero-order valence-electron chi connectivity index (χ0n) is 15.0. The Morgan fingerprint density at radius 3 is 2.73 bits per heavy atom. The number of amides is 1. The van der Waals surface area contributed by atoms with Gasteiger partial charge in [-0.2, -0.15) is 0 Å². The standard InChI is InChI=1S/C22H25NO3/c24-21(19-8-7-17-3-1-2-4-18(17)11-19)23-14-22(15-23)12-20(9-10-26-22)25-13-16-5-6-16/h1-4,7-8,11,16,20H,5-6,9-10,12-15H2/t20-/m0/s1. The van der Waals surface area contributed by atoms with Gasteiger partial charge < -0.3 is 14.4 Å². The molecule has 2 aromatic rings. The minimum atomic E-state index is -0.182. The lowest BCUT2D eigenvalue weighted by atomic mass is 9.84. The average molecular weight is 351 g/mol. The van der Waals surface area contributed by atoms with E-state index in [2.05, 4.69) is 12.1 Å². The van der Waals surface area contributed by atoms with Crippen LogP contribution in [0.25, 0.3) is 10.8 Å². The van der Waals surface area contributed by atoms with Crippen molar-refractivity contribution in [3.05, 3.63) is 48.0 Å². The third-order valence-corrected chi connectivity index (χ3v) is 5.95. The van der Waals surface area contributed by atoms with Crippen molar-refractivity contribution in [3.63, 3.8) is 0 Å². The van der Waals surface area contributed by atoms with E-state index < -0.39 is 0 Å². The van der Waals surface area contributed by atoms with Crippen LogP contribution < -0.4 is 0 Å². The summed E-state index contributed by atoms with van der Waals surface area (Å²) < 4.78 is 12.1. The summed E-state index contributed by atoms with van der Waals surface area (Å²) in [6, 6.07) is 14.1. The molecule has 1 saturated carbocycles. The van der Waals surface area contributed by atoms with Crippen LogP contribution in [0.1, 0.15) is 36.0 Å². The van der Waals surface area contributed by atoms with Crippen LogP contribution in [0.4, 0.5) is 0 Å². The number of carbonyl (C=O) groups excluding carboxylic acids is 1. The highest BCUT2D eigenvalue weighted by Crippen LogP contribution is 2.37. The molecule has 0 aromatic heterocycles. The second-order valence-electron chi connectivity index (χ2n) is 8.15. The predicted octanol–water partition coefficient (Wildman–Crippen LogP) is 3.64. The fourth-order valence-corrected chi connectivity index (χ4v) is 4.20. The highest BCUT2D eigenvalue weighted by molar-refractivity contribution is 5.99. The van der Waals surface area contributed by atoms with Crippen LogP contribution in [0.2, 0.25) is 0 Å². The first-order chi connectivity index (χ1) is 12.7. The van der Waals surface area contributed by atoms with E-state index in [1.165, 1.54) is 12.8 Å². The molecule has 2 aromatic carbocycles. The van der Waals surface area contributed by atoms with Gasteiger partial charge in [-0.15, -0.1) is 0 Å². The maximum Gasteiger partial charge on any atom is 0.254 e. The largest absolute Gasteiger partial charge is 0.378 e. The summed E-state index contributed by atoms with van der Waals surface area (Å²) in [6.07, 6.45) is 4.83. The highest BCUT2D eigenvalue weighted by atomic mass is 16.5. The van der Waals surface area contributed by atoms with Gasteiger partial charge in [-0.3, -0.25) is 4.79 Å². The molecule has 5 rings (SSSR count). The molecule has 1 amide bonds. The van der Waals surface area contributed by atoms with Crippen LogP contribution >= 0.6 is 0 Å². The summed E-state index contributed by atoms with van der Waals surface area (Å²) in [5.74, 6) is 0.896. The minimum Gasteiger partial charge on any atom is -0.378 e. The predicted molar refractivity (Wildman–Crippen MR) is 100 cm³/mol. The Balaban J connectivity index is 1.22. The number of rotatable bonds is 4. The molecule has 136 valence electrons. The number of likely N-dealkylation sites (tertiary alicyclic amines) is 1. The van der Waals surface area contributed by atoms with Crippen molar-refractivity contribution in [2.75, 3.05) is 26.3 Å². The van der Waals surface area contributed by atoms with Crippen molar-refractivity contribution >= 4 is 16.7 Å². The summed E-state index contributed by atoms with van der Waals surface area (Å²) in [5, 5.41) is 2.27. The molecule has 1 atom stereocenters. The lowest BCUT2D eigenvalue weighted by Crippen LogP contribution is -2.67. The van der Waals surface area contributed by atoms with Gasteiger partial charge in [-0.05, 0) is 48.1 Å². The van der Waals surface area contributed by atoms with E-state index in [0.717, 1.165) is 48.3 Å². The molecule has 0 radical (unpaired) electrons. The normalized spacial score (nSPS) is 24.6. The molecule has 3 aliphatic rings. The zero-order valence-corrected chi connectivity index (χ0v) is 15.0. The van der Waals surface area contributed by atoms with Gasteiger partial charge in [0.2, 0.25) is 0 Å². The summed E-state index contributed by atoms with van der Waals surface area (Å²) in [4.78, 5) is 14.8. The van der Waals surface area contributed by atoms with Crippen molar-refractivity contribution < 1.29 is 14.3 Å². The summed E-state index contributed by atoms with van der Waals surface area (Å²) >= 11 is 0. The molecule has 0 bridgehead atoms. The number of carbonyl (C=O) groups is 1. The molecule has 2 heterocycles. The van der Waals surface area contributed by atoms with Crippen molar-refractivity contribution in [2.24, 2.45) is 5.92 Å². The molecule has 4 heteroatoms. The molecule has 1 spiro atoms. The molecule has 0 unspecified atom stereocenters. The van der Waals surface area contributed by atoms with E-state index >= 15 is 0 Å². The van der Waals surface area contributed by atoms with Crippen LogP contribution in [0.3, 0.4) is 0 Å². The number of hydrogen-bond donors (Lipinski definition) is 0. The third-order valence-electron chi connectivity index (χ3n) is 5.95. The fourth-order valence-electron chi connectivity index (χ4n) is 4.20. The van der Waals surface area contributed by atoms with E-state index in [4.69, 9.17) is 9.47 Å². The number of benzene rings is 2. The second kappa shape index (κ2) is 6.36. The van der Waals surface area contributed by atoms with Gasteiger partial charge in [-0.25, -0.2) is 0 Å². The summed E-state index contributed by atoms with van der Waals surface area (Å²) in [6.45, 7) is 3.01. The Morgan fingerprint density at radius 1 is 1.12 bits per heavy atom. The van der Waals surface area contributed by atoms with E-state index in [9.17, 15) is 4.79 Å². The summed E-state index contributed by atoms with van der Waals surface area (Å²) in [7, 11) is 0. The quantitative estimate of drug-likeness (QED) is 0.844. The maximum absolute atomic E-state index is 12.8. The van der Waals surface area contributed by atoms with Gasteiger partial charge in [-0.1, -0.05) is 30.3 Å². The zero-order chi connectivity index (χ0) is 17.6. The number of fused-ring (bicyclic) bond motifs is 1. The van der Waals surface area contributed by atoms with Crippen LogP contribution in [0.5, 0.6) is 0 Å². The highest BCUT2D eigenvalue weighted by Gasteiger charge is 2.49. The monoisotopic (exact) mass is 351 g/mol. The molecule has 0 N–H and O–H groups in total. The van der Waals surface area contributed by atoms with E-state index in [-0.39, 0.29) is 11.5 Å². The lowest BCUT2D eigenvalue weighted by molar-refractivity contribution is -0.186. The molecule has 2 saturated heterocycles. The van der Waals surface area contributed by atoms with Gasteiger partial charge >= 0.3 is 0 Å². The molecule has 1 aliphatic carbocycles. The number of nitrogens with zero attached hydrogens (tertiary/aromatic N) is 1. The topological polar surface area (TPSA) is 38.8 Å². The third kappa shape index (κ3) is 3.12. The number of hydrogen-bond acceptors (Lipinski definition) is 3. The molecular formula is C22H25NO3. The minimum absolute atomic E-state index is 0.103. The van der Waals surface area contributed by atoms with Crippen LogP contribution in [0, 0.1) is 5.92 Å². The first-order valence-corrected chi connectivity index (χ1v) is 9.74. The molecule has 3 fully saturated rings. The van der Waals surface area contributed by atoms with Crippen molar-refractivity contribution in [2.45, 2.75) is 37.4 Å². The average Bonchev–Trinajstić information content (AvgIpc) is 3.48. The maximum atomic E-state index is 12.8. The fraction of sp³-hybridized carbons (Fsp3) is 0.500. The van der Waals surface area contributed by atoms with Gasteiger partial charge in [0, 0.05) is 25.2 Å². The lowest BCUT2D eigenvalue weighted by Gasteiger charge is -2.53. The van der Waals surface area contributed by atoms with Crippen molar-refractivity contribution in [1.29, 1.82) is 0 Å². The van der Waals surface area contributed by atoms with Gasteiger partial charge in [0.1, 0.15) is 5.60 Å². The smallest absolute Gasteiger partial charge is 0.254 e. The molecule has 2 aliphatic heterocycles. The van der Waals surface area contributed by atoms with Crippen LogP contribution in [-0.2, 0) is 9.47 Å². The van der Waals surface area contributed by atoms with Gasteiger partial charge in [0.25, 0.3) is 5.91 Å². The second-order valence-corrected chi connectivity index (χ2v) is 8.15. The number of ether oxygens (including phenoxy) is 2. The molecule has 4 nitrogen and oxygen atoms in total. The van der Waals surface area contributed by atoms with Crippen molar-refractivity contribution in [3.8, 4) is 0 Å². The van der Waals surface area contributed by atoms with E-state index in [1.807, 2.05) is 35.2 Å². The van der Waals surface area contributed by atoms with Gasteiger partial charge in [0.05, 0.1) is 19.2 Å². The van der Waals surface area contributed by atoms with Crippen LogP contribution in [0.15, 0.2) is 42.5 Å². The Labute approximate surface area is 154 Å². The Morgan fingerprint density at radius 2 is 1.92 bits per heavy atom. The van der Waals surface area contributed by atoms with Crippen LogP contribution in [-0.4, -0.2) is 48.8 Å². The molecular weight excluding hydrogens is 326 g/mol. The van der Waals surface area contributed by atoms with E-state index in [1.54, 1.807) is 0 Å².